The van der Waals surface area contributed by atoms with Gasteiger partial charge in [0.15, 0.2) is 0 Å². The smallest absolute Gasteiger partial charge is 0.241 e. The number of carbonyl (C=O) groups is 1. The summed E-state index contributed by atoms with van der Waals surface area (Å²) in [7, 11) is 0. The van der Waals surface area contributed by atoms with Crippen LogP contribution in [0.3, 0.4) is 0 Å². The highest BCUT2D eigenvalue weighted by atomic mass is 16.2. The molecular formula is C22H24N4O. The van der Waals surface area contributed by atoms with Crippen molar-refractivity contribution in [2.24, 2.45) is 0 Å². The lowest BCUT2D eigenvalue weighted by Crippen LogP contribution is -2.50. The maximum atomic E-state index is 12.4. The summed E-state index contributed by atoms with van der Waals surface area (Å²) in [6, 6.07) is 19.5. The first-order valence-electron chi connectivity index (χ1n) is 9.20. The van der Waals surface area contributed by atoms with Crippen LogP contribution in [0.15, 0.2) is 60.7 Å². The summed E-state index contributed by atoms with van der Waals surface area (Å²) in [5.74, 6) is 0.110. The molecule has 1 N–H and O–H groups in total. The first kappa shape index (κ1) is 18.7. The highest BCUT2D eigenvalue weighted by molar-refractivity contribution is 5.81. The van der Waals surface area contributed by atoms with E-state index in [0.717, 1.165) is 38.4 Å². The molecule has 0 spiro atoms. The topological polar surface area (TPSA) is 59.4 Å². The number of anilines is 1. The Morgan fingerprint density at radius 2 is 1.74 bits per heavy atom. The lowest BCUT2D eigenvalue weighted by molar-refractivity contribution is -0.130. The number of rotatable bonds is 6. The van der Waals surface area contributed by atoms with Crippen LogP contribution in [0.1, 0.15) is 11.1 Å². The molecule has 1 fully saturated rings. The molecule has 0 aliphatic carbocycles. The predicted octanol–water partition coefficient (Wildman–Crippen LogP) is 2.83. The van der Waals surface area contributed by atoms with Crippen molar-refractivity contribution in [3.05, 3.63) is 71.8 Å². The molecule has 2 aromatic carbocycles. The zero-order valence-electron chi connectivity index (χ0n) is 15.3. The molecule has 1 aliphatic heterocycles. The summed E-state index contributed by atoms with van der Waals surface area (Å²) in [5, 5.41) is 11.9. The molecule has 5 heteroatoms. The second-order valence-corrected chi connectivity index (χ2v) is 6.54. The number of hydrogen-bond acceptors (Lipinski definition) is 4. The van der Waals surface area contributed by atoms with Crippen molar-refractivity contribution in [2.75, 3.05) is 44.6 Å². The average molecular weight is 360 g/mol. The minimum Gasteiger partial charge on any atom is -0.376 e. The van der Waals surface area contributed by atoms with Crippen LogP contribution in [0.25, 0.3) is 6.08 Å². The molecule has 27 heavy (non-hydrogen) atoms. The van der Waals surface area contributed by atoms with Gasteiger partial charge in [-0.3, -0.25) is 9.69 Å². The standard InChI is InChI=1S/C22H24N4O/c23-17-20-8-10-21(11-9-20)24-18-22(27)26-15-13-25(14-16-26)12-4-7-19-5-2-1-3-6-19/h1-11,24H,12-16,18H2/b7-4+. The van der Waals surface area contributed by atoms with Gasteiger partial charge in [0, 0.05) is 38.4 Å². The maximum absolute atomic E-state index is 12.4. The highest BCUT2D eigenvalue weighted by Crippen LogP contribution is 2.09. The summed E-state index contributed by atoms with van der Waals surface area (Å²) in [6.07, 6.45) is 4.32. The average Bonchev–Trinajstić information content (AvgIpc) is 2.73. The minimum atomic E-state index is 0.110. The molecule has 0 saturated carbocycles. The third-order valence-corrected chi connectivity index (χ3v) is 4.66. The molecule has 0 unspecified atom stereocenters. The van der Waals surface area contributed by atoms with E-state index < -0.39 is 0 Å². The number of amides is 1. The van der Waals surface area contributed by atoms with Gasteiger partial charge in [-0.05, 0) is 29.8 Å². The summed E-state index contributed by atoms with van der Waals surface area (Å²) in [4.78, 5) is 16.6. The number of nitriles is 1. The van der Waals surface area contributed by atoms with E-state index in [-0.39, 0.29) is 12.5 Å². The van der Waals surface area contributed by atoms with Crippen LogP contribution in [-0.2, 0) is 4.79 Å². The number of benzene rings is 2. The van der Waals surface area contributed by atoms with Crippen molar-refractivity contribution in [1.29, 1.82) is 5.26 Å². The Labute approximate surface area is 160 Å². The van der Waals surface area contributed by atoms with Crippen LogP contribution in [0.4, 0.5) is 5.69 Å². The van der Waals surface area contributed by atoms with E-state index in [2.05, 4.69) is 40.6 Å². The Morgan fingerprint density at radius 1 is 1.04 bits per heavy atom. The fraction of sp³-hybridized carbons (Fsp3) is 0.273. The molecule has 0 aromatic heterocycles. The highest BCUT2D eigenvalue weighted by Gasteiger charge is 2.19. The van der Waals surface area contributed by atoms with Gasteiger partial charge in [0.25, 0.3) is 0 Å². The second kappa shape index (κ2) is 9.56. The van der Waals surface area contributed by atoms with Crippen LogP contribution < -0.4 is 5.32 Å². The van der Waals surface area contributed by atoms with Gasteiger partial charge in [0.2, 0.25) is 5.91 Å². The Morgan fingerprint density at radius 3 is 2.41 bits per heavy atom. The monoisotopic (exact) mass is 360 g/mol. The van der Waals surface area contributed by atoms with Crippen LogP contribution in [0.2, 0.25) is 0 Å². The number of hydrogen-bond donors (Lipinski definition) is 1. The van der Waals surface area contributed by atoms with Gasteiger partial charge in [-0.2, -0.15) is 5.26 Å². The number of nitrogens with zero attached hydrogens (tertiary/aromatic N) is 3. The van der Waals surface area contributed by atoms with Gasteiger partial charge < -0.3 is 10.2 Å². The zero-order valence-corrected chi connectivity index (χ0v) is 15.3. The number of carbonyl (C=O) groups excluding carboxylic acids is 1. The molecule has 0 radical (unpaired) electrons. The van der Waals surface area contributed by atoms with Crippen LogP contribution in [0, 0.1) is 11.3 Å². The number of piperazine rings is 1. The van der Waals surface area contributed by atoms with Crippen LogP contribution in [-0.4, -0.2) is 55.0 Å². The van der Waals surface area contributed by atoms with Crippen molar-refractivity contribution in [3.63, 3.8) is 0 Å². The van der Waals surface area contributed by atoms with E-state index in [1.807, 2.05) is 35.2 Å². The summed E-state index contributed by atoms with van der Waals surface area (Å²) in [5.41, 5.74) is 2.68. The van der Waals surface area contributed by atoms with E-state index >= 15 is 0 Å². The van der Waals surface area contributed by atoms with Gasteiger partial charge in [-0.1, -0.05) is 42.5 Å². The molecule has 1 aliphatic rings. The molecule has 1 saturated heterocycles. The SMILES string of the molecule is N#Cc1ccc(NCC(=O)N2CCN(C/C=C/c3ccccc3)CC2)cc1. The Balaban J connectivity index is 1.38. The van der Waals surface area contributed by atoms with Crippen molar-refractivity contribution >= 4 is 17.7 Å². The summed E-state index contributed by atoms with van der Waals surface area (Å²) >= 11 is 0. The van der Waals surface area contributed by atoms with Crippen molar-refractivity contribution in [3.8, 4) is 6.07 Å². The third kappa shape index (κ3) is 5.70. The fourth-order valence-electron chi connectivity index (χ4n) is 3.03. The fourth-order valence-corrected chi connectivity index (χ4v) is 3.03. The molecule has 0 atom stereocenters. The van der Waals surface area contributed by atoms with E-state index in [9.17, 15) is 4.79 Å². The van der Waals surface area contributed by atoms with E-state index in [4.69, 9.17) is 5.26 Å². The number of nitrogens with one attached hydrogen (secondary N) is 1. The molecule has 3 rings (SSSR count). The molecule has 1 amide bonds. The van der Waals surface area contributed by atoms with E-state index in [0.29, 0.717) is 5.56 Å². The maximum Gasteiger partial charge on any atom is 0.241 e. The quantitative estimate of drug-likeness (QED) is 0.861. The van der Waals surface area contributed by atoms with Gasteiger partial charge in [0.05, 0.1) is 18.2 Å². The minimum absolute atomic E-state index is 0.110. The first-order chi connectivity index (χ1) is 13.2. The van der Waals surface area contributed by atoms with Gasteiger partial charge >= 0.3 is 0 Å². The van der Waals surface area contributed by atoms with Gasteiger partial charge in [0.1, 0.15) is 0 Å². The molecular weight excluding hydrogens is 336 g/mol. The van der Waals surface area contributed by atoms with Crippen molar-refractivity contribution in [2.45, 2.75) is 0 Å². The second-order valence-electron chi connectivity index (χ2n) is 6.54. The summed E-state index contributed by atoms with van der Waals surface area (Å²) in [6.45, 7) is 4.48. The van der Waals surface area contributed by atoms with E-state index in [1.165, 1.54) is 5.56 Å². The lowest BCUT2D eigenvalue weighted by Gasteiger charge is -2.34. The Bertz CT molecular complexity index is 800. The Hall–Kier alpha value is -3.10. The largest absolute Gasteiger partial charge is 0.376 e. The zero-order chi connectivity index (χ0) is 18.9. The molecule has 1 heterocycles. The lowest BCUT2D eigenvalue weighted by atomic mass is 10.2. The Kier molecular flexibility index (Phi) is 6.61. The van der Waals surface area contributed by atoms with Crippen LogP contribution in [0.5, 0.6) is 0 Å². The summed E-state index contributed by atoms with van der Waals surface area (Å²) < 4.78 is 0. The molecule has 0 bridgehead atoms. The molecule has 138 valence electrons. The van der Waals surface area contributed by atoms with Crippen molar-refractivity contribution in [1.82, 2.24) is 9.80 Å². The predicted molar refractivity (Wildman–Crippen MR) is 108 cm³/mol. The first-order valence-corrected chi connectivity index (χ1v) is 9.20. The van der Waals surface area contributed by atoms with Gasteiger partial charge in [-0.25, -0.2) is 0 Å². The molecule has 5 nitrogen and oxygen atoms in total. The van der Waals surface area contributed by atoms with Crippen LogP contribution >= 0.6 is 0 Å². The molecule has 2 aromatic rings. The normalized spacial score (nSPS) is 14.9. The van der Waals surface area contributed by atoms with Gasteiger partial charge in [-0.15, -0.1) is 0 Å². The van der Waals surface area contributed by atoms with Crippen molar-refractivity contribution < 1.29 is 4.79 Å². The third-order valence-electron chi connectivity index (χ3n) is 4.66. The van der Waals surface area contributed by atoms with E-state index in [1.54, 1.807) is 12.1 Å².